The standard InChI is InChI=1S/C29H33ClN4O4S/c1-29(2,3)27-25-26(19-6-5-7-20(30)16-19)39-18-24(36)33(17-23(35)32-12-14-38-15-13-32)28(25)34(31-27)21-8-10-22(37-4)11-9-21/h5-11,16,26H,12-15,17-18H2,1-4H3. The number of fused-ring (bicyclic) bond motifs is 1. The minimum absolute atomic E-state index is 0.0694. The van der Waals surface area contributed by atoms with E-state index in [1.165, 1.54) is 11.8 Å². The van der Waals surface area contributed by atoms with Gasteiger partial charge in [-0.05, 0) is 42.0 Å². The summed E-state index contributed by atoms with van der Waals surface area (Å²) in [4.78, 5) is 30.7. The van der Waals surface area contributed by atoms with E-state index in [0.29, 0.717) is 37.1 Å². The molecule has 39 heavy (non-hydrogen) atoms. The molecule has 1 saturated heterocycles. The normalized spacial score (nSPS) is 18.1. The summed E-state index contributed by atoms with van der Waals surface area (Å²) >= 11 is 7.96. The first-order chi connectivity index (χ1) is 18.7. The van der Waals surface area contributed by atoms with Gasteiger partial charge in [-0.2, -0.15) is 5.10 Å². The van der Waals surface area contributed by atoms with E-state index in [2.05, 4.69) is 20.8 Å². The van der Waals surface area contributed by atoms with E-state index < -0.39 is 0 Å². The predicted molar refractivity (Wildman–Crippen MR) is 154 cm³/mol. The van der Waals surface area contributed by atoms with Crippen LogP contribution in [0.1, 0.15) is 42.8 Å². The first-order valence-corrected chi connectivity index (χ1v) is 14.4. The van der Waals surface area contributed by atoms with Crippen molar-refractivity contribution in [3.63, 3.8) is 0 Å². The predicted octanol–water partition coefficient (Wildman–Crippen LogP) is 4.86. The van der Waals surface area contributed by atoms with Gasteiger partial charge in [0.05, 0.1) is 42.7 Å². The highest BCUT2D eigenvalue weighted by molar-refractivity contribution is 8.00. The van der Waals surface area contributed by atoms with Gasteiger partial charge in [0.15, 0.2) is 0 Å². The number of amides is 2. The molecular weight excluding hydrogens is 536 g/mol. The number of benzene rings is 2. The molecule has 8 nitrogen and oxygen atoms in total. The number of carbonyl (C=O) groups is 2. The maximum absolute atomic E-state index is 13.8. The van der Waals surface area contributed by atoms with Gasteiger partial charge >= 0.3 is 0 Å². The van der Waals surface area contributed by atoms with E-state index >= 15 is 0 Å². The van der Waals surface area contributed by atoms with Crippen molar-refractivity contribution in [2.45, 2.75) is 31.4 Å². The van der Waals surface area contributed by atoms with Gasteiger partial charge < -0.3 is 14.4 Å². The van der Waals surface area contributed by atoms with Crippen LogP contribution < -0.4 is 9.64 Å². The molecule has 1 fully saturated rings. The minimum atomic E-state index is -0.341. The molecule has 1 unspecified atom stereocenters. The molecule has 5 rings (SSSR count). The van der Waals surface area contributed by atoms with E-state index in [4.69, 9.17) is 26.2 Å². The number of hydrogen-bond acceptors (Lipinski definition) is 6. The molecule has 0 bridgehead atoms. The Bertz CT molecular complexity index is 1360. The monoisotopic (exact) mass is 568 g/mol. The van der Waals surface area contributed by atoms with Crippen LogP contribution in [0.5, 0.6) is 5.75 Å². The van der Waals surface area contributed by atoms with E-state index in [1.54, 1.807) is 16.9 Å². The number of anilines is 1. The van der Waals surface area contributed by atoms with Crippen LogP contribution in [0.25, 0.3) is 5.69 Å². The van der Waals surface area contributed by atoms with Crippen LogP contribution in [0, 0.1) is 0 Å². The molecule has 3 aromatic rings. The number of methoxy groups -OCH3 is 1. The maximum atomic E-state index is 13.8. The molecule has 3 heterocycles. The smallest absolute Gasteiger partial charge is 0.242 e. The van der Waals surface area contributed by atoms with Crippen molar-refractivity contribution in [2.24, 2.45) is 0 Å². The van der Waals surface area contributed by atoms with Gasteiger partial charge in [0.2, 0.25) is 11.8 Å². The Morgan fingerprint density at radius 3 is 2.51 bits per heavy atom. The largest absolute Gasteiger partial charge is 0.497 e. The number of carbonyl (C=O) groups excluding carboxylic acids is 2. The van der Waals surface area contributed by atoms with Crippen molar-refractivity contribution in [1.29, 1.82) is 0 Å². The summed E-state index contributed by atoms with van der Waals surface area (Å²) in [7, 11) is 1.62. The number of ether oxygens (including phenoxy) is 2. The lowest BCUT2D eigenvalue weighted by molar-refractivity contribution is -0.134. The van der Waals surface area contributed by atoms with Crippen molar-refractivity contribution in [3.8, 4) is 11.4 Å². The summed E-state index contributed by atoms with van der Waals surface area (Å²) in [6.07, 6.45) is 0. The van der Waals surface area contributed by atoms with E-state index in [1.807, 2.05) is 53.2 Å². The fourth-order valence-electron chi connectivity index (χ4n) is 4.96. The molecule has 0 N–H and O–H groups in total. The molecule has 2 aliphatic heterocycles. The quantitative estimate of drug-likeness (QED) is 0.437. The lowest BCUT2D eigenvalue weighted by Gasteiger charge is -2.30. The Labute approximate surface area is 238 Å². The molecule has 0 radical (unpaired) electrons. The summed E-state index contributed by atoms with van der Waals surface area (Å²) in [6.45, 7) is 8.29. The summed E-state index contributed by atoms with van der Waals surface area (Å²) in [5.41, 5.74) is 3.21. The molecule has 1 atom stereocenters. The van der Waals surface area contributed by atoms with Gasteiger partial charge in [-0.25, -0.2) is 4.68 Å². The lowest BCUT2D eigenvalue weighted by Crippen LogP contribution is -2.48. The fourth-order valence-corrected chi connectivity index (χ4v) is 6.34. The fraction of sp³-hybridized carbons (Fsp3) is 0.414. The van der Waals surface area contributed by atoms with Crippen LogP contribution >= 0.6 is 23.4 Å². The van der Waals surface area contributed by atoms with Crippen molar-refractivity contribution in [3.05, 3.63) is 70.4 Å². The zero-order valence-electron chi connectivity index (χ0n) is 22.6. The summed E-state index contributed by atoms with van der Waals surface area (Å²) < 4.78 is 12.6. The van der Waals surface area contributed by atoms with Crippen molar-refractivity contribution >= 4 is 41.0 Å². The third-order valence-corrected chi connectivity index (χ3v) is 8.41. The van der Waals surface area contributed by atoms with Crippen LogP contribution in [-0.2, 0) is 19.7 Å². The number of aromatic nitrogens is 2. The zero-order valence-corrected chi connectivity index (χ0v) is 24.2. The highest BCUT2D eigenvalue weighted by atomic mass is 35.5. The number of rotatable bonds is 5. The van der Waals surface area contributed by atoms with Crippen LogP contribution in [0.3, 0.4) is 0 Å². The number of thioether (sulfide) groups is 1. The Hall–Kier alpha value is -3.01. The number of morpholine rings is 1. The van der Waals surface area contributed by atoms with Crippen LogP contribution in [0.2, 0.25) is 5.02 Å². The van der Waals surface area contributed by atoms with Gasteiger partial charge in [-0.1, -0.05) is 44.5 Å². The molecule has 0 aliphatic carbocycles. The average molecular weight is 569 g/mol. The van der Waals surface area contributed by atoms with Crippen LogP contribution in [0.4, 0.5) is 5.82 Å². The summed E-state index contributed by atoms with van der Waals surface area (Å²) in [5.74, 6) is 1.31. The Morgan fingerprint density at radius 2 is 1.87 bits per heavy atom. The summed E-state index contributed by atoms with van der Waals surface area (Å²) in [6, 6.07) is 15.3. The van der Waals surface area contributed by atoms with Crippen LogP contribution in [-0.4, -0.2) is 72.2 Å². The van der Waals surface area contributed by atoms with Gasteiger partial charge in [-0.3, -0.25) is 14.5 Å². The second-order valence-electron chi connectivity index (χ2n) is 10.7. The summed E-state index contributed by atoms with van der Waals surface area (Å²) in [5, 5.41) is 5.55. The van der Waals surface area contributed by atoms with E-state index in [0.717, 1.165) is 28.3 Å². The second-order valence-corrected chi connectivity index (χ2v) is 12.2. The third-order valence-electron chi connectivity index (χ3n) is 6.93. The first kappa shape index (κ1) is 27.6. The molecule has 1 aromatic heterocycles. The third kappa shape index (κ3) is 5.66. The number of hydrogen-bond donors (Lipinski definition) is 0. The molecular formula is C29H33ClN4O4S. The first-order valence-electron chi connectivity index (χ1n) is 13.0. The lowest BCUT2D eigenvalue weighted by atomic mass is 9.87. The van der Waals surface area contributed by atoms with Gasteiger partial charge in [0.1, 0.15) is 18.1 Å². The van der Waals surface area contributed by atoms with Crippen molar-refractivity contribution in [2.75, 3.05) is 50.6 Å². The Balaban J connectivity index is 1.72. The maximum Gasteiger partial charge on any atom is 0.242 e. The Kier molecular flexibility index (Phi) is 7.94. The van der Waals surface area contributed by atoms with Gasteiger partial charge in [0, 0.05) is 29.1 Å². The molecule has 2 amide bonds. The Morgan fingerprint density at radius 1 is 1.15 bits per heavy atom. The molecule has 206 valence electrons. The zero-order chi connectivity index (χ0) is 27.7. The molecule has 2 aromatic carbocycles. The van der Waals surface area contributed by atoms with Crippen LogP contribution in [0.15, 0.2) is 48.5 Å². The van der Waals surface area contributed by atoms with E-state index in [-0.39, 0.29) is 34.8 Å². The highest BCUT2D eigenvalue weighted by Gasteiger charge is 2.40. The minimum Gasteiger partial charge on any atom is -0.497 e. The second kappa shape index (κ2) is 11.2. The number of halogens is 1. The highest BCUT2D eigenvalue weighted by Crippen LogP contribution is 2.48. The molecule has 2 aliphatic rings. The molecule has 10 heteroatoms. The SMILES string of the molecule is COc1ccc(-n2nc(C(C)(C)C)c3c2N(CC(=O)N2CCOCC2)C(=O)CSC3c2cccc(Cl)c2)cc1. The molecule has 0 saturated carbocycles. The van der Waals surface area contributed by atoms with Crippen molar-refractivity contribution in [1.82, 2.24) is 14.7 Å². The molecule has 0 spiro atoms. The van der Waals surface area contributed by atoms with Crippen molar-refractivity contribution < 1.29 is 19.1 Å². The van der Waals surface area contributed by atoms with Gasteiger partial charge in [0.25, 0.3) is 0 Å². The topological polar surface area (TPSA) is 76.9 Å². The van der Waals surface area contributed by atoms with E-state index in [9.17, 15) is 9.59 Å². The van der Waals surface area contributed by atoms with Gasteiger partial charge in [-0.15, -0.1) is 11.8 Å². The number of nitrogens with zero attached hydrogens (tertiary/aromatic N) is 4. The average Bonchev–Trinajstić information content (AvgIpc) is 3.27.